The number of carbonyl (C=O) groups excluding carboxylic acids is 2. The minimum Gasteiger partial charge on any atom is -0.357 e. The molecule has 0 heterocycles. The van der Waals surface area contributed by atoms with Gasteiger partial charge in [0.15, 0.2) is 0 Å². The van der Waals surface area contributed by atoms with Crippen LogP contribution in [0.1, 0.15) is 18.9 Å². The van der Waals surface area contributed by atoms with Gasteiger partial charge in [-0.15, -0.1) is 0 Å². The SMILES string of the molecule is CC[C@H](C(=O)NC)N(Cc1ccc(Cl)cc1Cl)C(=O)CN(c1ccccc1)S(=O)(=O)N(C)C. The highest BCUT2D eigenvalue weighted by Gasteiger charge is 2.33. The van der Waals surface area contributed by atoms with Gasteiger partial charge in [-0.1, -0.05) is 54.4 Å². The van der Waals surface area contributed by atoms with E-state index in [9.17, 15) is 18.0 Å². The quantitative estimate of drug-likeness (QED) is 0.527. The number of nitrogens with one attached hydrogen (secondary N) is 1. The summed E-state index contributed by atoms with van der Waals surface area (Å²) in [4.78, 5) is 27.5. The summed E-state index contributed by atoms with van der Waals surface area (Å²) in [7, 11) is 0.270. The van der Waals surface area contributed by atoms with Gasteiger partial charge in [0.05, 0.1) is 5.69 Å². The van der Waals surface area contributed by atoms with E-state index in [1.807, 2.05) is 0 Å². The van der Waals surface area contributed by atoms with Gasteiger partial charge in [-0.3, -0.25) is 9.59 Å². The highest BCUT2D eigenvalue weighted by molar-refractivity contribution is 7.90. The molecule has 0 aliphatic heterocycles. The topological polar surface area (TPSA) is 90.0 Å². The van der Waals surface area contributed by atoms with Gasteiger partial charge in [-0.25, -0.2) is 4.31 Å². The molecule has 0 aliphatic rings. The first-order valence-electron chi connectivity index (χ1n) is 10.2. The van der Waals surface area contributed by atoms with Crippen LogP contribution < -0.4 is 9.62 Å². The first kappa shape index (κ1) is 26.9. The number of rotatable bonds is 10. The Bertz CT molecular complexity index is 1080. The summed E-state index contributed by atoms with van der Waals surface area (Å²) in [6, 6.07) is 12.4. The fourth-order valence-electron chi connectivity index (χ4n) is 3.23. The van der Waals surface area contributed by atoms with Crippen LogP contribution in [0, 0.1) is 0 Å². The molecule has 1 atom stereocenters. The van der Waals surface area contributed by atoms with Crippen molar-refractivity contribution in [2.24, 2.45) is 0 Å². The van der Waals surface area contributed by atoms with Crippen LogP contribution in [0.3, 0.4) is 0 Å². The van der Waals surface area contributed by atoms with E-state index >= 15 is 0 Å². The zero-order valence-electron chi connectivity index (χ0n) is 19.0. The van der Waals surface area contributed by atoms with Crippen LogP contribution in [0.15, 0.2) is 48.5 Å². The van der Waals surface area contributed by atoms with Gasteiger partial charge in [-0.05, 0) is 36.2 Å². The van der Waals surface area contributed by atoms with Crippen LogP contribution in [0.4, 0.5) is 5.69 Å². The van der Waals surface area contributed by atoms with E-state index in [-0.39, 0.29) is 12.5 Å². The highest BCUT2D eigenvalue weighted by Crippen LogP contribution is 2.25. The van der Waals surface area contributed by atoms with Crippen molar-refractivity contribution in [3.8, 4) is 0 Å². The number of halogens is 2. The number of hydrogen-bond acceptors (Lipinski definition) is 4. The minimum atomic E-state index is -3.99. The molecular formula is C22H28Cl2N4O4S. The predicted octanol–water partition coefficient (Wildman–Crippen LogP) is 3.16. The molecular weight excluding hydrogens is 487 g/mol. The third-order valence-corrected chi connectivity index (χ3v) is 7.46. The van der Waals surface area contributed by atoms with Gasteiger partial charge in [0, 0.05) is 37.7 Å². The van der Waals surface area contributed by atoms with Gasteiger partial charge >= 0.3 is 10.2 Å². The van der Waals surface area contributed by atoms with E-state index in [4.69, 9.17) is 23.2 Å². The molecule has 0 radical (unpaired) electrons. The van der Waals surface area contributed by atoms with Crippen LogP contribution in [0.2, 0.25) is 10.0 Å². The lowest BCUT2D eigenvalue weighted by molar-refractivity contribution is -0.140. The number of benzene rings is 2. The number of nitrogens with zero attached hydrogens (tertiary/aromatic N) is 3. The maximum absolute atomic E-state index is 13.6. The average Bonchev–Trinajstić information content (AvgIpc) is 2.78. The zero-order chi connectivity index (χ0) is 24.8. The normalized spacial score (nSPS) is 12.3. The second-order valence-electron chi connectivity index (χ2n) is 7.43. The molecule has 0 bridgehead atoms. The fourth-order valence-corrected chi connectivity index (χ4v) is 4.75. The number of hydrogen-bond donors (Lipinski definition) is 1. The van der Waals surface area contributed by atoms with E-state index in [0.29, 0.717) is 27.7 Å². The first-order chi connectivity index (χ1) is 15.5. The molecule has 0 saturated heterocycles. The van der Waals surface area contributed by atoms with Gasteiger partial charge in [0.25, 0.3) is 0 Å². The first-order valence-corrected chi connectivity index (χ1v) is 12.4. The summed E-state index contributed by atoms with van der Waals surface area (Å²) in [6.45, 7) is 1.28. The second-order valence-corrected chi connectivity index (χ2v) is 10.3. The molecule has 0 fully saturated rings. The molecule has 0 spiro atoms. The summed E-state index contributed by atoms with van der Waals surface area (Å²) in [5, 5.41) is 3.35. The Morgan fingerprint density at radius 2 is 1.70 bits per heavy atom. The molecule has 0 unspecified atom stereocenters. The van der Waals surface area contributed by atoms with Crippen molar-refractivity contribution in [3.63, 3.8) is 0 Å². The number of carbonyl (C=O) groups is 2. The molecule has 0 aliphatic carbocycles. The monoisotopic (exact) mass is 514 g/mol. The summed E-state index contributed by atoms with van der Waals surface area (Å²) in [5.74, 6) is -0.914. The van der Waals surface area contributed by atoms with E-state index in [2.05, 4.69) is 5.32 Å². The standard InChI is InChI=1S/C22H28Cl2N4O4S/c1-5-20(22(30)25-2)27(14-16-11-12-17(23)13-19(16)24)21(29)15-28(33(31,32)26(3)4)18-9-7-6-8-10-18/h6-13,20H,5,14-15H2,1-4H3,(H,25,30)/t20-/m1/s1. The summed E-state index contributed by atoms with van der Waals surface area (Å²) in [5.41, 5.74) is 0.913. The van der Waals surface area contributed by atoms with Crippen LogP contribution in [0.5, 0.6) is 0 Å². The largest absolute Gasteiger partial charge is 0.357 e. The minimum absolute atomic E-state index is 0.00536. The summed E-state index contributed by atoms with van der Waals surface area (Å²) >= 11 is 12.3. The lowest BCUT2D eigenvalue weighted by Gasteiger charge is -2.33. The van der Waals surface area contributed by atoms with Gasteiger partial charge < -0.3 is 10.2 Å². The predicted molar refractivity (Wildman–Crippen MR) is 132 cm³/mol. The maximum atomic E-state index is 13.6. The Hall–Kier alpha value is -2.33. The molecule has 2 amide bonds. The van der Waals surface area contributed by atoms with Crippen LogP contribution >= 0.6 is 23.2 Å². The molecule has 2 rings (SSSR count). The Kier molecular flexibility index (Phi) is 9.54. The lowest BCUT2D eigenvalue weighted by Crippen LogP contribution is -2.52. The van der Waals surface area contributed by atoms with Crippen molar-refractivity contribution in [1.29, 1.82) is 0 Å². The third-order valence-electron chi connectivity index (χ3n) is 5.05. The van der Waals surface area contributed by atoms with E-state index < -0.39 is 28.7 Å². The third kappa shape index (κ3) is 6.60. The van der Waals surface area contributed by atoms with Gasteiger partial charge in [0.2, 0.25) is 11.8 Å². The van der Waals surface area contributed by atoms with Crippen molar-refractivity contribution in [2.45, 2.75) is 25.9 Å². The highest BCUT2D eigenvalue weighted by atomic mass is 35.5. The molecule has 0 aromatic heterocycles. The molecule has 0 saturated carbocycles. The van der Waals surface area contributed by atoms with Crippen LogP contribution in [-0.2, 0) is 26.3 Å². The average molecular weight is 515 g/mol. The number of para-hydroxylation sites is 1. The smallest absolute Gasteiger partial charge is 0.304 e. The van der Waals surface area contributed by atoms with Crippen molar-refractivity contribution in [1.82, 2.24) is 14.5 Å². The molecule has 2 aromatic rings. The number of amides is 2. The Morgan fingerprint density at radius 1 is 1.06 bits per heavy atom. The van der Waals surface area contributed by atoms with Gasteiger partial charge in [-0.2, -0.15) is 12.7 Å². The summed E-state index contributed by atoms with van der Waals surface area (Å²) in [6.07, 6.45) is 0.322. The number of anilines is 1. The Morgan fingerprint density at radius 3 is 2.21 bits per heavy atom. The second kappa shape index (κ2) is 11.7. The summed E-state index contributed by atoms with van der Waals surface area (Å²) < 4.78 is 28.1. The van der Waals surface area contributed by atoms with E-state index in [0.717, 1.165) is 8.61 Å². The van der Waals surface area contributed by atoms with Crippen LogP contribution in [-0.4, -0.2) is 63.2 Å². The van der Waals surface area contributed by atoms with E-state index in [1.165, 1.54) is 26.0 Å². The van der Waals surface area contributed by atoms with Crippen molar-refractivity contribution >= 4 is 50.9 Å². The van der Waals surface area contributed by atoms with Crippen LogP contribution in [0.25, 0.3) is 0 Å². The van der Waals surface area contributed by atoms with Gasteiger partial charge in [0.1, 0.15) is 12.6 Å². The maximum Gasteiger partial charge on any atom is 0.304 e. The lowest BCUT2D eigenvalue weighted by atomic mass is 10.1. The zero-order valence-corrected chi connectivity index (χ0v) is 21.3. The molecule has 11 heteroatoms. The molecule has 180 valence electrons. The Labute approximate surface area is 205 Å². The van der Waals surface area contributed by atoms with Crippen molar-refractivity contribution in [2.75, 3.05) is 32.0 Å². The van der Waals surface area contributed by atoms with Crippen molar-refractivity contribution in [3.05, 3.63) is 64.1 Å². The molecule has 33 heavy (non-hydrogen) atoms. The van der Waals surface area contributed by atoms with Crippen molar-refractivity contribution < 1.29 is 18.0 Å². The van der Waals surface area contributed by atoms with E-state index in [1.54, 1.807) is 55.5 Å². The molecule has 8 nitrogen and oxygen atoms in total. The number of likely N-dealkylation sites (N-methyl/N-ethyl adjacent to an activating group) is 1. The fraction of sp³-hybridized carbons (Fsp3) is 0.364. The Balaban J connectivity index is 2.49. The molecule has 1 N–H and O–H groups in total. The molecule has 2 aromatic carbocycles.